The summed E-state index contributed by atoms with van der Waals surface area (Å²) in [6.45, 7) is 1.68. The normalized spacial score (nSPS) is 25.0. The Morgan fingerprint density at radius 2 is 1.62 bits per heavy atom. The van der Waals surface area contributed by atoms with E-state index in [0.717, 1.165) is 16.7 Å². The fraction of sp³-hybridized carbons (Fsp3) is 0.167. The lowest BCUT2D eigenvalue weighted by Gasteiger charge is -2.32. The smallest absolute Gasteiger partial charge is 0.191 e. The minimum atomic E-state index is -1.14. The summed E-state index contributed by atoms with van der Waals surface area (Å²) in [6.07, 6.45) is 1.67. The van der Waals surface area contributed by atoms with Gasteiger partial charge >= 0.3 is 0 Å². The Kier molecular flexibility index (Phi) is 3.45. The second kappa shape index (κ2) is 5.28. The highest BCUT2D eigenvalue weighted by Gasteiger charge is 2.38. The standard InChI is InChI=1S/C18H16O3/c1-18(16(19)11-12-17(20)21-18)15-9-7-14(8-10-15)13-5-3-2-4-6-13/h2-12,17,20H,1H3/t17-,18+/m0/s1. The molecule has 0 unspecified atom stereocenters. The number of aliphatic hydroxyl groups is 1. The van der Waals surface area contributed by atoms with Crippen molar-refractivity contribution < 1.29 is 14.6 Å². The molecule has 3 heteroatoms. The van der Waals surface area contributed by atoms with E-state index in [1.54, 1.807) is 6.92 Å². The van der Waals surface area contributed by atoms with Gasteiger partial charge in [0.2, 0.25) is 0 Å². The fourth-order valence-electron chi connectivity index (χ4n) is 2.49. The van der Waals surface area contributed by atoms with Gasteiger partial charge in [-0.05, 0) is 35.8 Å². The monoisotopic (exact) mass is 280 g/mol. The molecule has 0 aromatic heterocycles. The Hall–Kier alpha value is -2.23. The van der Waals surface area contributed by atoms with Crippen LogP contribution in [0.4, 0.5) is 0 Å². The highest BCUT2D eigenvalue weighted by Crippen LogP contribution is 2.32. The van der Waals surface area contributed by atoms with Crippen LogP contribution < -0.4 is 0 Å². The molecule has 0 saturated heterocycles. The summed E-state index contributed by atoms with van der Waals surface area (Å²) in [6, 6.07) is 17.7. The van der Waals surface area contributed by atoms with Crippen molar-refractivity contribution in [2.75, 3.05) is 0 Å². The van der Waals surface area contributed by atoms with Gasteiger partial charge in [-0.15, -0.1) is 0 Å². The first-order chi connectivity index (χ1) is 10.1. The van der Waals surface area contributed by atoms with E-state index in [9.17, 15) is 9.90 Å². The number of carbonyl (C=O) groups is 1. The van der Waals surface area contributed by atoms with Gasteiger partial charge in [-0.1, -0.05) is 54.6 Å². The molecule has 3 nitrogen and oxygen atoms in total. The zero-order valence-corrected chi connectivity index (χ0v) is 11.7. The van der Waals surface area contributed by atoms with E-state index < -0.39 is 11.9 Å². The average Bonchev–Trinajstić information content (AvgIpc) is 2.52. The van der Waals surface area contributed by atoms with Crippen molar-refractivity contribution >= 4 is 5.78 Å². The van der Waals surface area contributed by atoms with Gasteiger partial charge in [0.15, 0.2) is 17.7 Å². The first-order valence-corrected chi connectivity index (χ1v) is 6.84. The Morgan fingerprint density at radius 1 is 1.00 bits per heavy atom. The second-order valence-corrected chi connectivity index (χ2v) is 5.21. The minimum absolute atomic E-state index is 0.166. The third kappa shape index (κ3) is 2.53. The van der Waals surface area contributed by atoms with Crippen molar-refractivity contribution in [3.05, 3.63) is 72.3 Å². The molecule has 0 fully saturated rings. The van der Waals surface area contributed by atoms with Crippen LogP contribution in [-0.2, 0) is 15.1 Å². The summed E-state index contributed by atoms with van der Waals surface area (Å²) in [5, 5.41) is 9.60. The van der Waals surface area contributed by atoms with Crippen LogP contribution >= 0.6 is 0 Å². The lowest BCUT2D eigenvalue weighted by molar-refractivity contribution is -0.177. The van der Waals surface area contributed by atoms with Crippen LogP contribution in [0, 0.1) is 0 Å². The maximum atomic E-state index is 12.1. The van der Waals surface area contributed by atoms with Gasteiger partial charge in [-0.2, -0.15) is 0 Å². The second-order valence-electron chi connectivity index (χ2n) is 5.21. The molecular weight excluding hydrogens is 264 g/mol. The van der Waals surface area contributed by atoms with Crippen molar-refractivity contribution in [3.63, 3.8) is 0 Å². The molecule has 0 saturated carbocycles. The van der Waals surface area contributed by atoms with Gasteiger partial charge in [0.25, 0.3) is 0 Å². The molecular formula is C18H16O3. The van der Waals surface area contributed by atoms with Crippen molar-refractivity contribution in [1.82, 2.24) is 0 Å². The molecule has 106 valence electrons. The van der Waals surface area contributed by atoms with Gasteiger partial charge in [0.05, 0.1) is 0 Å². The quantitative estimate of drug-likeness (QED) is 0.919. The summed E-state index contributed by atoms with van der Waals surface area (Å²) in [5.74, 6) is -0.166. The van der Waals surface area contributed by atoms with Crippen molar-refractivity contribution in [2.24, 2.45) is 0 Å². The van der Waals surface area contributed by atoms with Crippen LogP contribution in [0.1, 0.15) is 12.5 Å². The van der Waals surface area contributed by atoms with Gasteiger partial charge < -0.3 is 9.84 Å². The number of hydrogen-bond donors (Lipinski definition) is 1. The van der Waals surface area contributed by atoms with E-state index in [-0.39, 0.29) is 5.78 Å². The van der Waals surface area contributed by atoms with E-state index in [1.807, 2.05) is 54.6 Å². The number of aliphatic hydroxyl groups excluding tert-OH is 1. The molecule has 0 amide bonds. The lowest BCUT2D eigenvalue weighted by Crippen LogP contribution is -2.40. The van der Waals surface area contributed by atoms with Crippen LogP contribution in [0.3, 0.4) is 0 Å². The molecule has 0 bridgehead atoms. The molecule has 3 rings (SSSR count). The topological polar surface area (TPSA) is 46.5 Å². The van der Waals surface area contributed by atoms with E-state index in [4.69, 9.17) is 4.74 Å². The van der Waals surface area contributed by atoms with Gasteiger partial charge in [-0.3, -0.25) is 4.79 Å². The summed E-state index contributed by atoms with van der Waals surface area (Å²) >= 11 is 0. The van der Waals surface area contributed by atoms with Crippen LogP contribution in [0.15, 0.2) is 66.7 Å². The Balaban J connectivity index is 1.94. The number of hydrogen-bond acceptors (Lipinski definition) is 3. The predicted octanol–water partition coefficient (Wildman–Crippen LogP) is 3.04. The highest BCUT2D eigenvalue weighted by molar-refractivity contribution is 5.98. The zero-order valence-electron chi connectivity index (χ0n) is 11.7. The molecule has 0 spiro atoms. The molecule has 1 N–H and O–H groups in total. The largest absolute Gasteiger partial charge is 0.365 e. The van der Waals surface area contributed by atoms with Crippen molar-refractivity contribution in [1.29, 1.82) is 0 Å². The van der Waals surface area contributed by atoms with Gasteiger partial charge in [-0.25, -0.2) is 0 Å². The number of benzene rings is 2. The SMILES string of the molecule is C[C@]1(c2ccc(-c3ccccc3)cc2)O[C@H](O)C=CC1=O. The van der Waals surface area contributed by atoms with Crippen LogP contribution in [0.25, 0.3) is 11.1 Å². The summed E-state index contributed by atoms with van der Waals surface area (Å²) in [7, 11) is 0. The van der Waals surface area contributed by atoms with E-state index in [0.29, 0.717) is 0 Å². The molecule has 0 aliphatic carbocycles. The maximum Gasteiger partial charge on any atom is 0.191 e. The Labute approximate surface area is 123 Å². The third-order valence-electron chi connectivity index (χ3n) is 3.78. The Morgan fingerprint density at radius 3 is 2.29 bits per heavy atom. The predicted molar refractivity (Wildman–Crippen MR) is 80.5 cm³/mol. The van der Waals surface area contributed by atoms with Crippen LogP contribution in [0.2, 0.25) is 0 Å². The van der Waals surface area contributed by atoms with Crippen LogP contribution in [-0.4, -0.2) is 17.2 Å². The summed E-state index contributed by atoms with van der Waals surface area (Å²) in [4.78, 5) is 12.1. The molecule has 2 aromatic rings. The minimum Gasteiger partial charge on any atom is -0.365 e. The lowest BCUT2D eigenvalue weighted by atomic mass is 9.88. The number of ether oxygens (including phenoxy) is 1. The molecule has 0 radical (unpaired) electrons. The Bertz CT molecular complexity index is 673. The average molecular weight is 280 g/mol. The fourth-order valence-corrected chi connectivity index (χ4v) is 2.49. The van der Waals surface area contributed by atoms with E-state index in [2.05, 4.69) is 0 Å². The van der Waals surface area contributed by atoms with Gasteiger partial charge in [0, 0.05) is 0 Å². The maximum absolute atomic E-state index is 12.1. The van der Waals surface area contributed by atoms with E-state index in [1.165, 1.54) is 12.2 Å². The zero-order chi connectivity index (χ0) is 14.9. The summed E-state index contributed by atoms with van der Waals surface area (Å²) < 4.78 is 5.44. The molecule has 1 aliphatic heterocycles. The molecule has 21 heavy (non-hydrogen) atoms. The number of rotatable bonds is 2. The molecule has 2 aromatic carbocycles. The van der Waals surface area contributed by atoms with Crippen molar-refractivity contribution in [3.8, 4) is 11.1 Å². The molecule has 2 atom stereocenters. The number of ketones is 1. The van der Waals surface area contributed by atoms with Crippen molar-refractivity contribution in [2.45, 2.75) is 18.8 Å². The highest BCUT2D eigenvalue weighted by atomic mass is 16.6. The summed E-state index contributed by atoms with van der Waals surface area (Å²) in [5.41, 5.74) is 1.78. The molecule has 1 heterocycles. The molecule has 1 aliphatic rings. The first kappa shape index (κ1) is 13.7. The third-order valence-corrected chi connectivity index (χ3v) is 3.78. The van der Waals surface area contributed by atoms with E-state index >= 15 is 0 Å². The first-order valence-electron chi connectivity index (χ1n) is 6.84. The number of carbonyl (C=O) groups excluding carboxylic acids is 1. The van der Waals surface area contributed by atoms with Crippen LogP contribution in [0.5, 0.6) is 0 Å². The van der Waals surface area contributed by atoms with Gasteiger partial charge in [0.1, 0.15) is 0 Å².